The van der Waals surface area contributed by atoms with Crippen molar-refractivity contribution in [3.05, 3.63) is 60.0 Å². The van der Waals surface area contributed by atoms with E-state index in [1.807, 2.05) is 39.4 Å². The third-order valence-corrected chi connectivity index (χ3v) is 5.27. The SMILES string of the molecule is COCc1cccc(C(=O)N2CCC[C@@H](c3nnc(Cn4ccnc4)n3C)C2)n1. The third-order valence-electron chi connectivity index (χ3n) is 5.27. The second-order valence-electron chi connectivity index (χ2n) is 7.31. The van der Waals surface area contributed by atoms with Gasteiger partial charge in [-0.25, -0.2) is 9.97 Å². The van der Waals surface area contributed by atoms with Gasteiger partial charge in [-0.3, -0.25) is 4.79 Å². The van der Waals surface area contributed by atoms with Gasteiger partial charge in [-0.2, -0.15) is 0 Å². The molecule has 1 fully saturated rings. The van der Waals surface area contributed by atoms with Crippen LogP contribution >= 0.6 is 0 Å². The quantitative estimate of drug-likeness (QED) is 0.630. The van der Waals surface area contributed by atoms with Crippen LogP contribution in [0.15, 0.2) is 36.9 Å². The van der Waals surface area contributed by atoms with Gasteiger partial charge in [0.2, 0.25) is 0 Å². The zero-order valence-electron chi connectivity index (χ0n) is 16.7. The molecule has 0 N–H and O–H groups in total. The molecule has 1 saturated heterocycles. The fourth-order valence-corrected chi connectivity index (χ4v) is 3.77. The molecule has 0 aliphatic carbocycles. The number of pyridine rings is 1. The molecule has 152 valence electrons. The number of methoxy groups -OCH3 is 1. The van der Waals surface area contributed by atoms with E-state index < -0.39 is 0 Å². The lowest BCUT2D eigenvalue weighted by molar-refractivity contribution is 0.0696. The number of imidazole rings is 1. The van der Waals surface area contributed by atoms with Gasteiger partial charge in [0, 0.05) is 45.6 Å². The van der Waals surface area contributed by atoms with E-state index in [2.05, 4.69) is 20.2 Å². The monoisotopic (exact) mass is 395 g/mol. The summed E-state index contributed by atoms with van der Waals surface area (Å²) in [6.07, 6.45) is 7.33. The molecule has 4 rings (SSSR count). The van der Waals surface area contributed by atoms with E-state index in [-0.39, 0.29) is 11.8 Å². The molecule has 1 aliphatic heterocycles. The Morgan fingerprint density at radius 2 is 2.21 bits per heavy atom. The van der Waals surface area contributed by atoms with E-state index >= 15 is 0 Å². The van der Waals surface area contributed by atoms with Crippen molar-refractivity contribution in [2.75, 3.05) is 20.2 Å². The predicted molar refractivity (Wildman–Crippen MR) is 105 cm³/mol. The first kappa shape index (κ1) is 19.3. The van der Waals surface area contributed by atoms with Gasteiger partial charge in [0.15, 0.2) is 5.82 Å². The Bertz CT molecular complexity index is 967. The maximum atomic E-state index is 13.0. The molecule has 0 spiro atoms. The molecule has 4 heterocycles. The van der Waals surface area contributed by atoms with Crippen molar-refractivity contribution in [1.82, 2.24) is 34.2 Å². The number of piperidine rings is 1. The minimum atomic E-state index is -0.0477. The molecular weight excluding hydrogens is 370 g/mol. The summed E-state index contributed by atoms with van der Waals surface area (Å²) in [6, 6.07) is 5.47. The summed E-state index contributed by atoms with van der Waals surface area (Å²) < 4.78 is 9.12. The molecule has 0 unspecified atom stereocenters. The van der Waals surface area contributed by atoms with Gasteiger partial charge in [0.05, 0.1) is 25.2 Å². The van der Waals surface area contributed by atoms with Crippen molar-refractivity contribution < 1.29 is 9.53 Å². The van der Waals surface area contributed by atoms with Crippen LogP contribution in [0.5, 0.6) is 0 Å². The summed E-state index contributed by atoms with van der Waals surface area (Å²) in [7, 11) is 3.60. The molecule has 0 saturated carbocycles. The Kier molecular flexibility index (Phi) is 5.66. The van der Waals surface area contributed by atoms with Crippen LogP contribution in [0.4, 0.5) is 0 Å². The summed E-state index contributed by atoms with van der Waals surface area (Å²) >= 11 is 0. The molecule has 3 aromatic heterocycles. The first-order valence-electron chi connectivity index (χ1n) is 9.73. The van der Waals surface area contributed by atoms with Crippen LogP contribution in [0.25, 0.3) is 0 Å². The van der Waals surface area contributed by atoms with Crippen LogP contribution in [0.1, 0.15) is 46.6 Å². The molecule has 0 bridgehead atoms. The predicted octanol–water partition coefficient (Wildman–Crippen LogP) is 1.62. The zero-order chi connectivity index (χ0) is 20.2. The highest BCUT2D eigenvalue weighted by Gasteiger charge is 2.29. The smallest absolute Gasteiger partial charge is 0.272 e. The first-order valence-corrected chi connectivity index (χ1v) is 9.73. The minimum absolute atomic E-state index is 0.0477. The summed E-state index contributed by atoms with van der Waals surface area (Å²) in [5.74, 6) is 1.89. The number of hydrogen-bond acceptors (Lipinski definition) is 6. The highest BCUT2D eigenvalue weighted by molar-refractivity contribution is 5.92. The van der Waals surface area contributed by atoms with E-state index in [4.69, 9.17) is 4.74 Å². The summed E-state index contributed by atoms with van der Waals surface area (Å²) in [4.78, 5) is 23.4. The van der Waals surface area contributed by atoms with E-state index in [0.717, 1.165) is 36.7 Å². The Morgan fingerprint density at radius 3 is 3.00 bits per heavy atom. The number of aromatic nitrogens is 6. The Hall–Kier alpha value is -3.07. The maximum absolute atomic E-state index is 13.0. The molecule has 3 aromatic rings. The van der Waals surface area contributed by atoms with Gasteiger partial charge in [0.25, 0.3) is 5.91 Å². The lowest BCUT2D eigenvalue weighted by Gasteiger charge is -2.32. The van der Waals surface area contributed by atoms with Gasteiger partial charge < -0.3 is 18.8 Å². The second-order valence-corrected chi connectivity index (χ2v) is 7.31. The zero-order valence-corrected chi connectivity index (χ0v) is 16.7. The minimum Gasteiger partial charge on any atom is -0.378 e. The Morgan fingerprint density at radius 1 is 1.31 bits per heavy atom. The Labute approximate surface area is 169 Å². The highest BCUT2D eigenvalue weighted by atomic mass is 16.5. The van der Waals surface area contributed by atoms with Crippen molar-refractivity contribution in [3.63, 3.8) is 0 Å². The van der Waals surface area contributed by atoms with Crippen molar-refractivity contribution in [2.45, 2.75) is 31.9 Å². The highest BCUT2D eigenvalue weighted by Crippen LogP contribution is 2.26. The number of likely N-dealkylation sites (tertiary alicyclic amines) is 1. The number of amides is 1. The summed E-state index contributed by atoms with van der Waals surface area (Å²) in [5.41, 5.74) is 1.21. The molecule has 1 amide bonds. The lowest BCUT2D eigenvalue weighted by Crippen LogP contribution is -2.40. The summed E-state index contributed by atoms with van der Waals surface area (Å²) in [6.45, 7) is 2.36. The van der Waals surface area contributed by atoms with Crippen molar-refractivity contribution in [3.8, 4) is 0 Å². The molecule has 0 aromatic carbocycles. The van der Waals surface area contributed by atoms with Gasteiger partial charge in [-0.05, 0) is 25.0 Å². The maximum Gasteiger partial charge on any atom is 0.272 e. The molecule has 1 aliphatic rings. The van der Waals surface area contributed by atoms with Crippen LogP contribution in [0.3, 0.4) is 0 Å². The van der Waals surface area contributed by atoms with Gasteiger partial charge in [-0.15, -0.1) is 10.2 Å². The van der Waals surface area contributed by atoms with Gasteiger partial charge in [0.1, 0.15) is 11.5 Å². The van der Waals surface area contributed by atoms with E-state index in [9.17, 15) is 4.79 Å². The van der Waals surface area contributed by atoms with Crippen LogP contribution < -0.4 is 0 Å². The van der Waals surface area contributed by atoms with Gasteiger partial charge >= 0.3 is 0 Å². The van der Waals surface area contributed by atoms with E-state index in [1.54, 1.807) is 25.7 Å². The topological polar surface area (TPSA) is 91.0 Å². The number of hydrogen-bond donors (Lipinski definition) is 0. The number of nitrogens with zero attached hydrogens (tertiary/aromatic N) is 7. The molecule has 29 heavy (non-hydrogen) atoms. The van der Waals surface area contributed by atoms with Crippen molar-refractivity contribution in [1.29, 1.82) is 0 Å². The fraction of sp³-hybridized carbons (Fsp3) is 0.450. The van der Waals surface area contributed by atoms with Crippen LogP contribution in [-0.4, -0.2) is 60.3 Å². The number of ether oxygens (including phenoxy) is 1. The van der Waals surface area contributed by atoms with Gasteiger partial charge in [-0.1, -0.05) is 6.07 Å². The van der Waals surface area contributed by atoms with Crippen LogP contribution in [0, 0.1) is 0 Å². The lowest BCUT2D eigenvalue weighted by atomic mass is 9.97. The standard InChI is InChI=1S/C20H25N7O2/c1-25-18(12-26-10-8-21-14-26)23-24-19(25)15-5-4-9-27(11-15)20(28)17-7-3-6-16(22-17)13-29-2/h3,6-8,10,14-15H,4-5,9,11-13H2,1-2H3/t15-/m1/s1. The number of carbonyl (C=O) groups is 1. The molecule has 9 heteroatoms. The largest absolute Gasteiger partial charge is 0.378 e. The number of carbonyl (C=O) groups excluding carboxylic acids is 1. The summed E-state index contributed by atoms with van der Waals surface area (Å²) in [5, 5.41) is 8.79. The first-order chi connectivity index (χ1) is 14.2. The fourth-order valence-electron chi connectivity index (χ4n) is 3.77. The molecule has 1 atom stereocenters. The molecule has 0 radical (unpaired) electrons. The van der Waals surface area contributed by atoms with Crippen molar-refractivity contribution >= 4 is 5.91 Å². The Balaban J connectivity index is 1.48. The number of rotatable bonds is 6. The average molecular weight is 395 g/mol. The van der Waals surface area contributed by atoms with E-state index in [1.165, 1.54) is 0 Å². The molecular formula is C20H25N7O2. The third kappa shape index (κ3) is 4.19. The average Bonchev–Trinajstić information content (AvgIpc) is 3.39. The normalized spacial score (nSPS) is 16.9. The van der Waals surface area contributed by atoms with Crippen molar-refractivity contribution in [2.24, 2.45) is 7.05 Å². The second kappa shape index (κ2) is 8.52. The molecule has 9 nitrogen and oxygen atoms in total. The van der Waals surface area contributed by atoms with Crippen LogP contribution in [0.2, 0.25) is 0 Å². The van der Waals surface area contributed by atoms with E-state index in [0.29, 0.717) is 25.4 Å². The van der Waals surface area contributed by atoms with Crippen LogP contribution in [-0.2, 0) is 24.9 Å².